The molecule has 8 nitrogen and oxygen atoms in total. The first-order valence-corrected chi connectivity index (χ1v) is 8.53. The molecule has 0 unspecified atom stereocenters. The number of aromatic nitrogens is 4. The van der Waals surface area contributed by atoms with Crippen LogP contribution in [0.25, 0.3) is 22.4 Å². The van der Waals surface area contributed by atoms with Crippen LogP contribution in [0.15, 0.2) is 30.5 Å². The number of nitrogens with zero attached hydrogens (tertiary/aromatic N) is 4. The molecule has 27 heavy (non-hydrogen) atoms. The van der Waals surface area contributed by atoms with Crippen LogP contribution in [0.1, 0.15) is 38.1 Å². The first-order chi connectivity index (χ1) is 12.8. The third-order valence-electron chi connectivity index (χ3n) is 3.47. The van der Waals surface area contributed by atoms with Crippen molar-refractivity contribution < 1.29 is 14.3 Å². The minimum atomic E-state index is -0.570. The smallest absolute Gasteiger partial charge is 0.338 e. The first kappa shape index (κ1) is 18.5. The predicted molar refractivity (Wildman–Crippen MR) is 101 cm³/mol. The molecule has 2 aromatic heterocycles. The highest BCUT2D eigenvalue weighted by Gasteiger charge is 2.19. The highest BCUT2D eigenvalue weighted by atomic mass is 16.6. The van der Waals surface area contributed by atoms with E-state index in [4.69, 9.17) is 15.2 Å². The molecular weight excluding hydrogens is 346 g/mol. The van der Waals surface area contributed by atoms with Gasteiger partial charge in [-0.05, 0) is 39.8 Å². The molecule has 3 rings (SSSR count). The van der Waals surface area contributed by atoms with E-state index < -0.39 is 11.6 Å². The van der Waals surface area contributed by atoms with Crippen molar-refractivity contribution in [2.45, 2.75) is 33.3 Å². The SMILES string of the molecule is CCOc1nc(N)nc2ncc(-c3cccc(C(=O)OC(C)(C)C)c3)nc12. The molecule has 0 amide bonds. The first-order valence-electron chi connectivity index (χ1n) is 8.53. The number of fused-ring (bicyclic) bond motifs is 1. The molecule has 0 radical (unpaired) electrons. The predicted octanol–water partition coefficient (Wildman–Crippen LogP) is 3.02. The Hall–Kier alpha value is -3.29. The van der Waals surface area contributed by atoms with Gasteiger partial charge in [0.2, 0.25) is 11.8 Å². The molecule has 8 heteroatoms. The van der Waals surface area contributed by atoms with Crippen molar-refractivity contribution >= 4 is 23.1 Å². The Bertz CT molecular complexity index is 998. The van der Waals surface area contributed by atoms with Gasteiger partial charge in [0.05, 0.1) is 24.1 Å². The van der Waals surface area contributed by atoms with Crippen LogP contribution in [0.2, 0.25) is 0 Å². The van der Waals surface area contributed by atoms with Crippen molar-refractivity contribution in [1.29, 1.82) is 0 Å². The van der Waals surface area contributed by atoms with Gasteiger partial charge in [0, 0.05) is 5.56 Å². The molecule has 3 aromatic rings. The quantitative estimate of drug-likeness (QED) is 0.700. The standard InChI is InChI=1S/C19H21N5O3/c1-5-26-16-14-15(23-18(20)24-16)21-10-13(22-14)11-7-6-8-12(9-11)17(25)27-19(2,3)4/h6-10H,5H2,1-4H3,(H2,20,21,23,24). The highest BCUT2D eigenvalue weighted by Crippen LogP contribution is 2.25. The second kappa shape index (κ2) is 7.14. The molecule has 1 aromatic carbocycles. The van der Waals surface area contributed by atoms with E-state index in [1.807, 2.05) is 33.8 Å². The average Bonchev–Trinajstić information content (AvgIpc) is 2.60. The van der Waals surface area contributed by atoms with Gasteiger partial charge in [0.25, 0.3) is 0 Å². The Balaban J connectivity index is 2.03. The minimum Gasteiger partial charge on any atom is -0.476 e. The molecular formula is C19H21N5O3. The number of hydrogen-bond acceptors (Lipinski definition) is 8. The molecule has 2 N–H and O–H groups in total. The lowest BCUT2D eigenvalue weighted by molar-refractivity contribution is 0.00696. The fourth-order valence-electron chi connectivity index (χ4n) is 2.42. The molecule has 0 bridgehead atoms. The normalized spacial score (nSPS) is 11.4. The summed E-state index contributed by atoms with van der Waals surface area (Å²) in [4.78, 5) is 29.3. The number of hydrogen-bond donors (Lipinski definition) is 1. The van der Waals surface area contributed by atoms with Crippen molar-refractivity contribution in [3.63, 3.8) is 0 Å². The third-order valence-corrected chi connectivity index (χ3v) is 3.47. The van der Waals surface area contributed by atoms with E-state index in [2.05, 4.69) is 19.9 Å². The van der Waals surface area contributed by atoms with Crippen molar-refractivity contribution in [2.24, 2.45) is 0 Å². The zero-order valence-corrected chi connectivity index (χ0v) is 15.7. The lowest BCUT2D eigenvalue weighted by atomic mass is 10.1. The molecule has 140 valence electrons. The van der Waals surface area contributed by atoms with Crippen molar-refractivity contribution in [2.75, 3.05) is 12.3 Å². The van der Waals surface area contributed by atoms with E-state index in [1.165, 1.54) is 0 Å². The lowest BCUT2D eigenvalue weighted by Crippen LogP contribution is -2.23. The Labute approximate surface area is 156 Å². The second-order valence-corrected chi connectivity index (χ2v) is 6.83. The van der Waals surface area contributed by atoms with Crippen LogP contribution in [-0.2, 0) is 4.74 Å². The van der Waals surface area contributed by atoms with Gasteiger partial charge in [-0.15, -0.1) is 0 Å². The van der Waals surface area contributed by atoms with Crippen LogP contribution >= 0.6 is 0 Å². The summed E-state index contributed by atoms with van der Waals surface area (Å²) in [6.07, 6.45) is 1.57. The van der Waals surface area contributed by atoms with Crippen LogP contribution < -0.4 is 10.5 Å². The fraction of sp³-hybridized carbons (Fsp3) is 0.316. The number of nitrogens with two attached hydrogens (primary N) is 1. The number of carbonyl (C=O) groups excluding carboxylic acids is 1. The van der Waals surface area contributed by atoms with Gasteiger partial charge < -0.3 is 15.2 Å². The fourth-order valence-corrected chi connectivity index (χ4v) is 2.42. The van der Waals surface area contributed by atoms with E-state index in [0.717, 1.165) is 0 Å². The van der Waals surface area contributed by atoms with Crippen molar-refractivity contribution in [1.82, 2.24) is 19.9 Å². The van der Waals surface area contributed by atoms with Crippen molar-refractivity contribution in [3.05, 3.63) is 36.0 Å². The molecule has 0 aliphatic heterocycles. The van der Waals surface area contributed by atoms with Gasteiger partial charge in [-0.3, -0.25) is 0 Å². The van der Waals surface area contributed by atoms with E-state index >= 15 is 0 Å². The maximum absolute atomic E-state index is 12.3. The number of rotatable bonds is 4. The lowest BCUT2D eigenvalue weighted by Gasteiger charge is -2.19. The van der Waals surface area contributed by atoms with Crippen molar-refractivity contribution in [3.8, 4) is 17.1 Å². The molecule has 0 fully saturated rings. The van der Waals surface area contributed by atoms with Gasteiger partial charge in [-0.1, -0.05) is 12.1 Å². The molecule has 0 saturated carbocycles. The topological polar surface area (TPSA) is 113 Å². The van der Waals surface area contributed by atoms with Gasteiger partial charge in [-0.25, -0.2) is 14.8 Å². The number of ether oxygens (including phenoxy) is 2. The van der Waals surface area contributed by atoms with Gasteiger partial charge in [0.15, 0.2) is 11.2 Å². The monoisotopic (exact) mass is 367 g/mol. The van der Waals surface area contributed by atoms with E-state index in [1.54, 1.807) is 24.4 Å². The van der Waals surface area contributed by atoms with Crippen LogP contribution in [0, 0.1) is 0 Å². The summed E-state index contributed by atoms with van der Waals surface area (Å²) in [6.45, 7) is 7.72. The number of carbonyl (C=O) groups is 1. The molecule has 2 heterocycles. The molecule has 0 saturated heterocycles. The summed E-state index contributed by atoms with van der Waals surface area (Å²) < 4.78 is 10.9. The number of nitrogen functional groups attached to an aromatic ring is 1. The summed E-state index contributed by atoms with van der Waals surface area (Å²) in [6, 6.07) is 7.01. The summed E-state index contributed by atoms with van der Waals surface area (Å²) >= 11 is 0. The maximum atomic E-state index is 12.3. The summed E-state index contributed by atoms with van der Waals surface area (Å²) in [5.41, 5.74) is 7.58. The van der Waals surface area contributed by atoms with Gasteiger partial charge in [-0.2, -0.15) is 9.97 Å². The van der Waals surface area contributed by atoms with Crippen LogP contribution in [0.3, 0.4) is 0 Å². The minimum absolute atomic E-state index is 0.0694. The molecule has 0 aliphatic rings. The summed E-state index contributed by atoms with van der Waals surface area (Å²) in [5.74, 6) is -0.0539. The average molecular weight is 367 g/mol. The van der Waals surface area contributed by atoms with Gasteiger partial charge in [0.1, 0.15) is 5.60 Å². The second-order valence-electron chi connectivity index (χ2n) is 6.83. The Morgan fingerprint density at radius 2 is 1.96 bits per heavy atom. The van der Waals surface area contributed by atoms with Crippen LogP contribution in [0.5, 0.6) is 5.88 Å². The molecule has 0 atom stereocenters. The van der Waals surface area contributed by atoms with E-state index in [-0.39, 0.29) is 11.8 Å². The highest BCUT2D eigenvalue weighted by molar-refractivity contribution is 5.91. The van der Waals surface area contributed by atoms with E-state index in [9.17, 15) is 4.79 Å². The summed E-state index contributed by atoms with van der Waals surface area (Å²) in [7, 11) is 0. The van der Waals surface area contributed by atoms with Crippen LogP contribution in [-0.4, -0.2) is 38.1 Å². The Morgan fingerprint density at radius 3 is 2.67 bits per heavy atom. The largest absolute Gasteiger partial charge is 0.476 e. The Kier molecular flexibility index (Phi) is 4.89. The third kappa shape index (κ3) is 4.28. The zero-order valence-electron chi connectivity index (χ0n) is 15.7. The number of anilines is 1. The van der Waals surface area contributed by atoms with E-state index in [0.29, 0.717) is 34.6 Å². The van der Waals surface area contributed by atoms with Crippen LogP contribution in [0.4, 0.5) is 5.95 Å². The summed E-state index contributed by atoms with van der Waals surface area (Å²) in [5, 5.41) is 0. The van der Waals surface area contributed by atoms with Gasteiger partial charge >= 0.3 is 5.97 Å². The molecule has 0 spiro atoms. The Morgan fingerprint density at radius 1 is 1.19 bits per heavy atom. The number of benzene rings is 1. The number of esters is 1. The molecule has 0 aliphatic carbocycles. The maximum Gasteiger partial charge on any atom is 0.338 e. The zero-order chi connectivity index (χ0) is 19.6.